The first-order valence-corrected chi connectivity index (χ1v) is 8.33. The molecule has 1 aromatic rings. The van der Waals surface area contributed by atoms with Gasteiger partial charge in [-0.2, -0.15) is 0 Å². The molecule has 2 fully saturated rings. The fourth-order valence-electron chi connectivity index (χ4n) is 3.19. The maximum Gasteiger partial charge on any atom is 0.233 e. The molecule has 1 aliphatic heterocycles. The minimum Gasteiger partial charge on any atom is -0.300 e. The highest BCUT2D eigenvalue weighted by Crippen LogP contribution is 2.37. The van der Waals surface area contributed by atoms with Crippen LogP contribution in [0.25, 0.3) is 0 Å². The van der Waals surface area contributed by atoms with E-state index in [2.05, 4.69) is 15.5 Å². The second-order valence-electron chi connectivity index (χ2n) is 5.75. The molecule has 0 aromatic carbocycles. The molecule has 7 nitrogen and oxygen atoms in total. The average molecular weight is 322 g/mol. The lowest BCUT2D eigenvalue weighted by Gasteiger charge is -2.19. The molecule has 2 aliphatic rings. The summed E-state index contributed by atoms with van der Waals surface area (Å²) in [7, 11) is 0. The molecule has 1 N–H and O–H groups in total. The zero-order valence-corrected chi connectivity index (χ0v) is 13.2. The van der Waals surface area contributed by atoms with Gasteiger partial charge in [0.05, 0.1) is 11.8 Å². The highest BCUT2D eigenvalue weighted by atomic mass is 32.1. The van der Waals surface area contributed by atoms with Crippen molar-refractivity contribution in [1.82, 2.24) is 15.1 Å². The second-order valence-corrected chi connectivity index (χ2v) is 6.93. The Morgan fingerprint density at radius 3 is 2.41 bits per heavy atom. The lowest BCUT2D eigenvalue weighted by Crippen LogP contribution is -2.34. The Hall–Kier alpha value is -1.83. The highest BCUT2D eigenvalue weighted by molar-refractivity contribution is 7.15. The van der Waals surface area contributed by atoms with Gasteiger partial charge in [-0.1, -0.05) is 24.2 Å². The van der Waals surface area contributed by atoms with E-state index in [0.717, 1.165) is 30.7 Å². The summed E-state index contributed by atoms with van der Waals surface area (Å²) < 4.78 is 0. The van der Waals surface area contributed by atoms with Gasteiger partial charge in [-0.05, 0) is 19.8 Å². The zero-order chi connectivity index (χ0) is 15.7. The van der Waals surface area contributed by atoms with Crippen molar-refractivity contribution in [3.63, 3.8) is 0 Å². The van der Waals surface area contributed by atoms with Gasteiger partial charge in [-0.15, -0.1) is 10.2 Å². The van der Waals surface area contributed by atoms with Gasteiger partial charge in [-0.3, -0.25) is 19.3 Å². The number of carbonyl (C=O) groups is 3. The summed E-state index contributed by atoms with van der Waals surface area (Å²) >= 11 is 1.29. The summed E-state index contributed by atoms with van der Waals surface area (Å²) in [5.41, 5.74) is 0. The van der Waals surface area contributed by atoms with E-state index in [9.17, 15) is 14.4 Å². The normalized spacial score (nSPS) is 24.5. The van der Waals surface area contributed by atoms with Crippen molar-refractivity contribution in [3.05, 3.63) is 5.01 Å². The van der Waals surface area contributed by atoms with Crippen LogP contribution in [0.15, 0.2) is 0 Å². The molecule has 1 aliphatic carbocycles. The van der Waals surface area contributed by atoms with Gasteiger partial charge in [0.25, 0.3) is 0 Å². The number of aromatic nitrogens is 2. The van der Waals surface area contributed by atoms with Crippen LogP contribution in [-0.2, 0) is 14.4 Å². The van der Waals surface area contributed by atoms with Crippen LogP contribution >= 0.6 is 11.3 Å². The number of hydrogen-bond acceptors (Lipinski definition) is 6. The summed E-state index contributed by atoms with van der Waals surface area (Å²) in [5, 5.41) is 11.5. The topological polar surface area (TPSA) is 92.3 Å². The van der Waals surface area contributed by atoms with Gasteiger partial charge >= 0.3 is 0 Å². The Morgan fingerprint density at radius 2 is 1.86 bits per heavy atom. The van der Waals surface area contributed by atoms with Crippen LogP contribution in [0.3, 0.4) is 0 Å². The minimum atomic E-state index is -0.258. The van der Waals surface area contributed by atoms with E-state index in [0.29, 0.717) is 5.13 Å². The third kappa shape index (κ3) is 2.87. The molecule has 1 aromatic heterocycles. The minimum absolute atomic E-state index is 0.0928. The Morgan fingerprint density at radius 1 is 1.23 bits per heavy atom. The Balaban J connectivity index is 1.55. The number of nitrogens with zero attached hydrogens (tertiary/aromatic N) is 3. The fraction of sp³-hybridized carbons (Fsp3) is 0.643. The molecule has 3 rings (SSSR count). The molecule has 2 unspecified atom stereocenters. The van der Waals surface area contributed by atoms with Crippen molar-refractivity contribution < 1.29 is 14.4 Å². The van der Waals surface area contributed by atoms with E-state index < -0.39 is 0 Å². The summed E-state index contributed by atoms with van der Waals surface area (Å²) in [4.78, 5) is 37.7. The fourth-order valence-corrected chi connectivity index (χ4v) is 3.80. The van der Waals surface area contributed by atoms with Gasteiger partial charge in [0.1, 0.15) is 5.01 Å². The molecule has 0 bridgehead atoms. The summed E-state index contributed by atoms with van der Waals surface area (Å²) in [6.07, 6.45) is 3.69. The number of anilines is 1. The standard InChI is InChI=1S/C14H18N4O3S/c1-8-16-17-14(22-8)15-11(19)6-7-18-12(20)9-4-2-3-5-10(9)13(18)21/h9-10H,2-7H2,1H3,(H,15,17,19). The zero-order valence-electron chi connectivity index (χ0n) is 12.4. The van der Waals surface area contributed by atoms with Crippen molar-refractivity contribution in [2.24, 2.45) is 11.8 Å². The SMILES string of the molecule is Cc1nnc(NC(=O)CCN2C(=O)C3CCCCC3C2=O)s1. The third-order valence-electron chi connectivity index (χ3n) is 4.27. The van der Waals surface area contributed by atoms with Gasteiger partial charge in [0.2, 0.25) is 22.9 Å². The van der Waals surface area contributed by atoms with E-state index in [1.54, 1.807) is 6.92 Å². The number of aryl methyl sites for hydroxylation is 1. The number of likely N-dealkylation sites (tertiary alicyclic amines) is 1. The van der Waals surface area contributed by atoms with Crippen molar-refractivity contribution in [2.75, 3.05) is 11.9 Å². The number of carbonyl (C=O) groups excluding carboxylic acids is 3. The van der Waals surface area contributed by atoms with Crippen molar-refractivity contribution >= 4 is 34.2 Å². The van der Waals surface area contributed by atoms with Gasteiger partial charge in [0.15, 0.2) is 0 Å². The van der Waals surface area contributed by atoms with Crippen molar-refractivity contribution in [2.45, 2.75) is 39.0 Å². The van der Waals surface area contributed by atoms with E-state index in [-0.39, 0.29) is 42.5 Å². The number of fused-ring (bicyclic) bond motifs is 1. The van der Waals surface area contributed by atoms with Gasteiger partial charge < -0.3 is 5.32 Å². The van der Waals surface area contributed by atoms with E-state index in [1.807, 2.05) is 0 Å². The Labute approximate surface area is 132 Å². The van der Waals surface area contributed by atoms with Gasteiger partial charge in [0, 0.05) is 13.0 Å². The van der Waals surface area contributed by atoms with Crippen LogP contribution in [0.1, 0.15) is 37.1 Å². The lowest BCUT2D eigenvalue weighted by molar-refractivity contribution is -0.140. The monoisotopic (exact) mass is 322 g/mol. The van der Waals surface area contributed by atoms with E-state index in [1.165, 1.54) is 16.2 Å². The molecular weight excluding hydrogens is 304 g/mol. The van der Waals surface area contributed by atoms with E-state index >= 15 is 0 Å². The number of hydrogen-bond donors (Lipinski definition) is 1. The maximum absolute atomic E-state index is 12.3. The predicted molar refractivity (Wildman–Crippen MR) is 80.1 cm³/mol. The molecule has 2 atom stereocenters. The first-order valence-electron chi connectivity index (χ1n) is 7.51. The molecule has 0 radical (unpaired) electrons. The van der Waals surface area contributed by atoms with E-state index in [4.69, 9.17) is 0 Å². The first kappa shape index (κ1) is 15.1. The average Bonchev–Trinajstić information content (AvgIpc) is 3.01. The molecule has 2 heterocycles. The molecule has 1 saturated carbocycles. The van der Waals surface area contributed by atoms with Crippen LogP contribution < -0.4 is 5.32 Å². The molecule has 118 valence electrons. The Bertz CT molecular complexity index is 591. The molecule has 22 heavy (non-hydrogen) atoms. The smallest absolute Gasteiger partial charge is 0.233 e. The largest absolute Gasteiger partial charge is 0.300 e. The molecular formula is C14H18N4O3S. The van der Waals surface area contributed by atoms with Crippen molar-refractivity contribution in [3.8, 4) is 0 Å². The van der Waals surface area contributed by atoms with Crippen LogP contribution in [0.4, 0.5) is 5.13 Å². The predicted octanol–water partition coefficient (Wildman–Crippen LogP) is 1.35. The molecule has 0 spiro atoms. The number of nitrogens with one attached hydrogen (secondary N) is 1. The number of rotatable bonds is 4. The molecule has 1 saturated heterocycles. The summed E-state index contributed by atoms with van der Waals surface area (Å²) in [6.45, 7) is 1.95. The quantitative estimate of drug-likeness (QED) is 0.845. The molecule has 8 heteroatoms. The van der Waals surface area contributed by atoms with Crippen LogP contribution in [0.2, 0.25) is 0 Å². The highest BCUT2D eigenvalue weighted by Gasteiger charge is 2.47. The second kappa shape index (κ2) is 6.12. The Kier molecular flexibility index (Phi) is 4.19. The lowest BCUT2D eigenvalue weighted by atomic mass is 9.81. The van der Waals surface area contributed by atoms with Crippen molar-refractivity contribution in [1.29, 1.82) is 0 Å². The molecule has 3 amide bonds. The van der Waals surface area contributed by atoms with Crippen LogP contribution in [0.5, 0.6) is 0 Å². The third-order valence-corrected chi connectivity index (χ3v) is 5.02. The summed E-state index contributed by atoms with van der Waals surface area (Å²) in [5.74, 6) is -0.777. The number of amides is 3. The van der Waals surface area contributed by atoms with Crippen LogP contribution in [0, 0.1) is 18.8 Å². The number of imide groups is 1. The maximum atomic E-state index is 12.3. The summed E-state index contributed by atoms with van der Waals surface area (Å²) in [6, 6.07) is 0. The van der Waals surface area contributed by atoms with Crippen LogP contribution in [-0.4, -0.2) is 39.4 Å². The van der Waals surface area contributed by atoms with Gasteiger partial charge in [-0.25, -0.2) is 0 Å². The first-order chi connectivity index (χ1) is 10.6.